The van der Waals surface area contributed by atoms with E-state index < -0.39 is 31.7 Å². The van der Waals surface area contributed by atoms with E-state index in [2.05, 4.69) is 44.3 Å². The van der Waals surface area contributed by atoms with Crippen LogP contribution in [-0.4, -0.2) is 127 Å². The molecule has 0 aromatic rings. The van der Waals surface area contributed by atoms with Gasteiger partial charge in [-0.05, 0) is 0 Å². The van der Waals surface area contributed by atoms with Gasteiger partial charge < -0.3 is 37.9 Å². The zero-order valence-electron chi connectivity index (χ0n) is 20.1. The van der Waals surface area contributed by atoms with Crippen molar-refractivity contribution in [1.29, 1.82) is 0 Å². The van der Waals surface area contributed by atoms with Crippen molar-refractivity contribution in [2.75, 3.05) is 56.9 Å². The second-order valence-corrected chi connectivity index (χ2v) is 12.1. The van der Waals surface area contributed by atoms with Crippen LogP contribution >= 0.6 is 0 Å². The van der Waals surface area contributed by atoms with Crippen LogP contribution in [0, 0.1) is 44.3 Å². The summed E-state index contributed by atoms with van der Waals surface area (Å²) in [5, 5.41) is 0. The predicted octanol–water partition coefficient (Wildman–Crippen LogP) is -1.44. The highest BCUT2D eigenvalue weighted by Gasteiger charge is 2.26. The van der Waals surface area contributed by atoms with Crippen LogP contribution in [0.25, 0.3) is 0 Å². The van der Waals surface area contributed by atoms with E-state index in [4.69, 9.17) is 37.9 Å². The van der Waals surface area contributed by atoms with Crippen LogP contribution in [-0.2, 0) is 37.9 Å². The first-order chi connectivity index (χ1) is 16.0. The van der Waals surface area contributed by atoms with Gasteiger partial charge in [0.2, 0.25) is 38.1 Å². The van der Waals surface area contributed by atoms with Crippen molar-refractivity contribution in [2.24, 2.45) is 0 Å². The van der Waals surface area contributed by atoms with Gasteiger partial charge >= 0.3 is 8.07 Å². The van der Waals surface area contributed by atoms with Crippen molar-refractivity contribution in [3.8, 4) is 44.3 Å². The van der Waals surface area contributed by atoms with Crippen molar-refractivity contribution in [2.45, 2.75) is 23.7 Å². The Bertz CT molecular complexity index is 634. The fourth-order valence-corrected chi connectivity index (χ4v) is 7.74. The Morgan fingerprint density at radius 1 is 0.394 bits per heavy atom. The molecule has 13 heteroatoms. The van der Waals surface area contributed by atoms with Crippen LogP contribution in [0.3, 0.4) is 0 Å². The van der Waals surface area contributed by atoms with E-state index in [1.54, 1.807) is 56.9 Å². The van der Waals surface area contributed by atoms with Crippen molar-refractivity contribution < 1.29 is 37.9 Å². The van der Waals surface area contributed by atoms with Gasteiger partial charge in [0.1, 0.15) is 0 Å². The second-order valence-electron chi connectivity index (χ2n) is 5.54. The zero-order chi connectivity index (χ0) is 25.0. The van der Waals surface area contributed by atoms with Crippen molar-refractivity contribution in [1.82, 2.24) is 0 Å². The number of ether oxygens (including phenoxy) is 8. The normalized spacial score (nSPS) is 10.8. The largest absolute Gasteiger partial charge is 0.367 e. The third-order valence-corrected chi connectivity index (χ3v) is 10.4. The first-order valence-electron chi connectivity index (χ1n) is 9.31. The van der Waals surface area contributed by atoms with Gasteiger partial charge in [0.25, 0.3) is 0 Å². The minimum Gasteiger partial charge on any atom is -0.359 e. The molecule has 33 heavy (non-hydrogen) atoms. The highest BCUT2D eigenvalue weighted by molar-refractivity contribution is 7.08. The Hall–Kier alpha value is -0.996. The van der Waals surface area contributed by atoms with Crippen LogP contribution < -0.4 is 0 Å². The molecule has 0 fully saturated rings. The summed E-state index contributed by atoms with van der Waals surface area (Å²) in [5.74, 6) is -1.69. The number of hydrogen-bond acceptors (Lipinski definition) is 8. The molecule has 0 rings (SSSR count). The molecule has 0 saturated carbocycles. The van der Waals surface area contributed by atoms with Gasteiger partial charge in [0.15, 0.2) is 23.7 Å². The van der Waals surface area contributed by atoms with Gasteiger partial charge in [0, 0.05) is 56.9 Å². The maximum atomic E-state index is 5.24. The zero-order valence-corrected chi connectivity index (χ0v) is 25.1. The SMILES string of the molecule is COC(OC)[Si]C#C[Si](C#C[Si]C(OC)OC)(C#C[Si]C(OC)OC)C#C[Si]C(OC)OC. The summed E-state index contributed by atoms with van der Waals surface area (Å²) in [7, 11) is 9.84. The summed E-state index contributed by atoms with van der Waals surface area (Å²) < 4.78 is 41.9. The monoisotopic (exact) mass is 536 g/mol. The molecule has 0 atom stereocenters. The fourth-order valence-electron chi connectivity index (χ4n) is 1.80. The quantitative estimate of drug-likeness (QED) is 0.171. The second kappa shape index (κ2) is 20.4. The fraction of sp³-hybridized carbons (Fsp3) is 0.600. The molecule has 176 valence electrons. The lowest BCUT2D eigenvalue weighted by atomic mass is 11.3. The summed E-state index contributed by atoms with van der Waals surface area (Å²) in [6.45, 7) is 0. The maximum absolute atomic E-state index is 5.24. The van der Waals surface area contributed by atoms with E-state index in [1.807, 2.05) is 0 Å². The summed E-state index contributed by atoms with van der Waals surface area (Å²) in [6.07, 6.45) is 0. The molecule has 0 spiro atoms. The molecule has 0 N–H and O–H groups in total. The average Bonchev–Trinajstić information content (AvgIpc) is 2.85. The molecule has 0 aliphatic carbocycles. The van der Waals surface area contributed by atoms with Gasteiger partial charge in [-0.2, -0.15) is 0 Å². The minimum absolute atomic E-state index is 0.0831. The Labute approximate surface area is 208 Å². The lowest BCUT2D eigenvalue weighted by molar-refractivity contribution is -0.0429. The van der Waals surface area contributed by atoms with Gasteiger partial charge in [-0.15, -0.1) is 22.2 Å². The van der Waals surface area contributed by atoms with Crippen LogP contribution in [0.5, 0.6) is 0 Å². The van der Waals surface area contributed by atoms with E-state index in [9.17, 15) is 0 Å². The van der Waals surface area contributed by atoms with Crippen LogP contribution in [0.4, 0.5) is 0 Å². The van der Waals surface area contributed by atoms with E-state index >= 15 is 0 Å². The predicted molar refractivity (Wildman–Crippen MR) is 131 cm³/mol. The van der Waals surface area contributed by atoms with Crippen molar-refractivity contribution >= 4 is 46.2 Å². The highest BCUT2D eigenvalue weighted by atomic mass is 28.3. The molecule has 0 unspecified atom stereocenters. The highest BCUT2D eigenvalue weighted by Crippen LogP contribution is 1.99. The molecular formula is C20H28O8Si5. The molecule has 0 aromatic carbocycles. The van der Waals surface area contributed by atoms with E-state index in [0.717, 1.165) is 0 Å². The van der Waals surface area contributed by atoms with Crippen molar-refractivity contribution in [3.05, 3.63) is 0 Å². The first kappa shape index (κ1) is 32.0. The van der Waals surface area contributed by atoms with E-state index in [0.29, 0.717) is 0 Å². The topological polar surface area (TPSA) is 73.8 Å². The van der Waals surface area contributed by atoms with Crippen LogP contribution in [0.15, 0.2) is 0 Å². The maximum Gasteiger partial charge on any atom is 0.367 e. The Morgan fingerprint density at radius 2 is 0.576 bits per heavy atom. The summed E-state index contributed by atoms with van der Waals surface area (Å²) in [4.78, 5) is 0. The van der Waals surface area contributed by atoms with Gasteiger partial charge in [-0.3, -0.25) is 0 Å². The standard InChI is InChI=1S/C20H28O8Si5/c1-21-17(22-2)29-9-13-33(14-10-30-18(23-3)24-4,15-11-31-19(25-5)26-6)16-12-32-20(27-7)28-8/h17-20H,1-8H3. The molecular weight excluding hydrogens is 509 g/mol. The van der Waals surface area contributed by atoms with E-state index in [1.165, 1.54) is 0 Å². The molecule has 0 aliphatic rings. The molecule has 0 amide bonds. The van der Waals surface area contributed by atoms with Crippen LogP contribution in [0.2, 0.25) is 0 Å². The molecule has 0 heterocycles. The van der Waals surface area contributed by atoms with E-state index in [-0.39, 0.29) is 38.1 Å². The summed E-state index contributed by atoms with van der Waals surface area (Å²) in [6, 6.07) is 0. The molecule has 0 aromatic heterocycles. The summed E-state index contributed by atoms with van der Waals surface area (Å²) >= 11 is 0. The smallest absolute Gasteiger partial charge is 0.359 e. The van der Waals surface area contributed by atoms with Gasteiger partial charge in [-0.25, -0.2) is 0 Å². The van der Waals surface area contributed by atoms with Crippen LogP contribution in [0.1, 0.15) is 0 Å². The molecule has 8 radical (unpaired) electrons. The number of hydrogen-bond donors (Lipinski definition) is 0. The lowest BCUT2D eigenvalue weighted by Gasteiger charge is -2.10. The molecule has 8 nitrogen and oxygen atoms in total. The molecule has 0 bridgehead atoms. The van der Waals surface area contributed by atoms with Gasteiger partial charge in [-0.1, -0.05) is 22.2 Å². The third-order valence-electron chi connectivity index (χ3n) is 3.47. The van der Waals surface area contributed by atoms with Gasteiger partial charge in [0.05, 0.1) is 0 Å². The first-order valence-corrected chi connectivity index (χ1v) is 15.6. The van der Waals surface area contributed by atoms with Crippen molar-refractivity contribution in [3.63, 3.8) is 0 Å². The number of rotatable bonds is 12. The summed E-state index contributed by atoms with van der Waals surface area (Å²) in [5.41, 5.74) is 25.5. The minimum atomic E-state index is -3.03. The average molecular weight is 537 g/mol. The lowest BCUT2D eigenvalue weighted by Crippen LogP contribution is -2.32. The number of methoxy groups -OCH3 is 8. The Kier molecular flexibility index (Phi) is 19.8. The third kappa shape index (κ3) is 14.1. The Balaban J connectivity index is 6.25. The Morgan fingerprint density at radius 3 is 0.727 bits per heavy atom. The molecule has 0 saturated heterocycles. The molecule has 0 aliphatic heterocycles.